The minimum absolute atomic E-state index is 0.0395. The van der Waals surface area contributed by atoms with Gasteiger partial charge in [0.25, 0.3) is 0 Å². The number of β-lactam (4-membered cyclic amide) rings is 1. The van der Waals surface area contributed by atoms with Gasteiger partial charge in [-0.15, -0.1) is 0 Å². The zero-order valence-corrected chi connectivity index (χ0v) is 22.9. The molecule has 5 rings (SSSR count). The number of amides is 4. The molecular weight excluding hydrogens is 540 g/mol. The van der Waals surface area contributed by atoms with Crippen molar-refractivity contribution in [1.29, 1.82) is 0 Å². The number of benzene rings is 1. The maximum atomic E-state index is 13.1. The average molecular weight is 574 g/mol. The smallest absolute Gasteiger partial charge is 0.425 e. The third kappa shape index (κ3) is 6.18. The van der Waals surface area contributed by atoms with Crippen molar-refractivity contribution in [1.82, 2.24) is 25.3 Å². The first kappa shape index (κ1) is 28.2. The Balaban J connectivity index is 1.06. The molecule has 4 heterocycles. The Bertz CT molecular complexity index is 1240. The molecule has 1 aromatic heterocycles. The van der Waals surface area contributed by atoms with Crippen molar-refractivity contribution in [3.63, 3.8) is 0 Å². The van der Waals surface area contributed by atoms with Crippen molar-refractivity contribution < 1.29 is 33.7 Å². The number of aliphatic carboxylic acids is 1. The number of aromatic nitrogens is 2. The molecule has 3 saturated heterocycles. The van der Waals surface area contributed by atoms with E-state index in [4.69, 9.17) is 16.1 Å². The third-order valence-corrected chi connectivity index (χ3v) is 8.38. The summed E-state index contributed by atoms with van der Waals surface area (Å²) in [5.74, 6) is -0.891. The van der Waals surface area contributed by atoms with Crippen molar-refractivity contribution in [3.8, 4) is 11.4 Å². The van der Waals surface area contributed by atoms with E-state index in [1.807, 2.05) is 0 Å². The zero-order valence-electron chi connectivity index (χ0n) is 22.2. The molecule has 214 valence electrons. The normalized spacial score (nSPS) is 23.6. The number of nitrogens with zero attached hydrogens (tertiary/aromatic N) is 4. The first-order chi connectivity index (χ1) is 19.3. The molecule has 3 aliphatic heterocycles. The first-order valence-electron chi connectivity index (χ1n) is 13.8. The summed E-state index contributed by atoms with van der Waals surface area (Å²) in [6.07, 6.45) is 3.62. The Hall–Kier alpha value is -3.35. The Morgan fingerprint density at radius 2 is 1.75 bits per heavy atom. The molecule has 3 fully saturated rings. The van der Waals surface area contributed by atoms with Gasteiger partial charge in [0.1, 0.15) is 5.92 Å². The molecule has 1 aromatic carbocycles. The number of rotatable bonds is 8. The quantitative estimate of drug-likeness (QED) is 0.391. The van der Waals surface area contributed by atoms with Crippen LogP contribution in [0.25, 0.3) is 11.4 Å². The van der Waals surface area contributed by atoms with Crippen LogP contribution in [0.5, 0.6) is 0 Å². The maximum Gasteiger partial charge on any atom is 0.425 e. The van der Waals surface area contributed by atoms with Crippen LogP contribution in [0.1, 0.15) is 38.0 Å². The summed E-state index contributed by atoms with van der Waals surface area (Å²) in [5.41, 5.74) is 0.789. The summed E-state index contributed by atoms with van der Waals surface area (Å²) in [6, 6.07) is 5.57. The minimum Gasteiger partial charge on any atom is -0.477 e. The molecule has 0 spiro atoms. The fourth-order valence-corrected chi connectivity index (χ4v) is 5.94. The number of carboxylic acids is 1. The number of halogens is 1. The number of imide groups is 1. The largest absolute Gasteiger partial charge is 0.477 e. The number of carboxylic acid groups (broad SMARTS) is 1. The Morgan fingerprint density at radius 3 is 2.42 bits per heavy atom. The monoisotopic (exact) mass is 573 g/mol. The van der Waals surface area contributed by atoms with E-state index in [2.05, 4.69) is 15.5 Å². The number of carbonyl (C=O) groups excluding carboxylic acids is 3. The molecule has 0 bridgehead atoms. The maximum absolute atomic E-state index is 13.1. The Kier molecular flexibility index (Phi) is 8.77. The molecule has 3 atom stereocenters. The fourth-order valence-electron chi connectivity index (χ4n) is 5.81. The number of carbonyl (C=O) groups is 4. The van der Waals surface area contributed by atoms with Gasteiger partial charge in [-0.2, -0.15) is 9.88 Å². The second kappa shape index (κ2) is 12.4. The van der Waals surface area contributed by atoms with E-state index >= 15 is 0 Å². The van der Waals surface area contributed by atoms with Crippen LogP contribution in [0.15, 0.2) is 28.8 Å². The van der Waals surface area contributed by atoms with Gasteiger partial charge in [0.2, 0.25) is 23.7 Å². The second-order valence-electron chi connectivity index (χ2n) is 10.7. The number of piperazine rings is 1. The Morgan fingerprint density at radius 1 is 1.07 bits per heavy atom. The van der Waals surface area contributed by atoms with Gasteiger partial charge in [0, 0.05) is 49.6 Å². The summed E-state index contributed by atoms with van der Waals surface area (Å²) in [7, 11) is 0. The topological polar surface area (TPSA) is 150 Å². The number of aryl methyl sites for hydroxylation is 1. The number of nitrogens with one attached hydrogen (secondary N) is 2. The van der Waals surface area contributed by atoms with Gasteiger partial charge in [0.15, 0.2) is 0 Å². The van der Waals surface area contributed by atoms with Crippen LogP contribution in [0.3, 0.4) is 0 Å². The predicted molar refractivity (Wildman–Crippen MR) is 142 cm³/mol. The van der Waals surface area contributed by atoms with Crippen molar-refractivity contribution in [2.75, 3.05) is 39.3 Å². The predicted octanol–water partition coefficient (Wildman–Crippen LogP) is 0.861. The zero-order chi connectivity index (χ0) is 28.2. The summed E-state index contributed by atoms with van der Waals surface area (Å²) in [4.78, 5) is 58.2. The van der Waals surface area contributed by atoms with E-state index in [0.717, 1.165) is 31.5 Å². The van der Waals surface area contributed by atoms with Gasteiger partial charge in [-0.3, -0.25) is 9.69 Å². The molecule has 2 aromatic rings. The van der Waals surface area contributed by atoms with E-state index in [1.54, 1.807) is 29.2 Å². The van der Waals surface area contributed by atoms with E-state index in [0.29, 0.717) is 61.4 Å². The molecule has 40 heavy (non-hydrogen) atoms. The molecule has 13 heteroatoms. The van der Waals surface area contributed by atoms with Gasteiger partial charge in [-0.1, -0.05) is 16.8 Å². The number of hydrogen-bond donors (Lipinski definition) is 3. The SMILES string of the molecule is O=C(O)C1[C@@H](CC2CCNCC2)C(=O)[NH+]1C(=O)N1CCN(C(=O)CCCc2nc(-c3ccc(Cl)cc3)no2)CC1. The van der Waals surface area contributed by atoms with Crippen LogP contribution < -0.4 is 10.2 Å². The lowest BCUT2D eigenvalue weighted by Crippen LogP contribution is -3.30. The molecule has 4 amide bonds. The highest BCUT2D eigenvalue weighted by molar-refractivity contribution is 6.30. The lowest BCUT2D eigenvalue weighted by Gasteiger charge is -2.42. The molecule has 3 aliphatic rings. The minimum atomic E-state index is -1.11. The van der Waals surface area contributed by atoms with Crippen LogP contribution >= 0.6 is 11.6 Å². The van der Waals surface area contributed by atoms with Crippen molar-refractivity contribution in [2.24, 2.45) is 11.8 Å². The third-order valence-electron chi connectivity index (χ3n) is 8.13. The van der Waals surface area contributed by atoms with E-state index in [1.165, 1.54) is 4.90 Å². The van der Waals surface area contributed by atoms with E-state index in [9.17, 15) is 24.3 Å². The number of hydrogen-bond acceptors (Lipinski definition) is 8. The van der Waals surface area contributed by atoms with Gasteiger partial charge in [-0.05, 0) is 69.0 Å². The van der Waals surface area contributed by atoms with Gasteiger partial charge >= 0.3 is 17.9 Å². The number of piperidine rings is 1. The van der Waals surface area contributed by atoms with Gasteiger partial charge in [0.05, 0.1) is 0 Å². The van der Waals surface area contributed by atoms with Crippen LogP contribution in [0.2, 0.25) is 5.02 Å². The van der Waals surface area contributed by atoms with Crippen molar-refractivity contribution >= 4 is 35.4 Å². The molecular formula is C27H34ClN6O6+. The van der Waals surface area contributed by atoms with Crippen molar-refractivity contribution in [2.45, 2.75) is 44.6 Å². The average Bonchev–Trinajstić information content (AvgIpc) is 3.43. The molecule has 0 aliphatic carbocycles. The summed E-state index contributed by atoms with van der Waals surface area (Å²) in [5, 5.41) is 17.7. The van der Waals surface area contributed by atoms with Crippen LogP contribution in [-0.4, -0.2) is 94.2 Å². The fraction of sp³-hybridized carbons (Fsp3) is 0.556. The van der Waals surface area contributed by atoms with Gasteiger partial charge < -0.3 is 19.8 Å². The highest BCUT2D eigenvalue weighted by Crippen LogP contribution is 2.26. The highest BCUT2D eigenvalue weighted by Gasteiger charge is 2.62. The van der Waals surface area contributed by atoms with Crippen LogP contribution in [-0.2, 0) is 20.8 Å². The highest BCUT2D eigenvalue weighted by atomic mass is 35.5. The number of likely N-dealkylation sites (tertiary alicyclic amines) is 1. The lowest BCUT2D eigenvalue weighted by molar-refractivity contribution is -0.800. The van der Waals surface area contributed by atoms with Crippen molar-refractivity contribution in [3.05, 3.63) is 35.2 Å². The van der Waals surface area contributed by atoms with E-state index in [-0.39, 0.29) is 29.8 Å². The standard InChI is InChI=1S/C27H33ClN6O6/c28-19-6-4-18(5-7-19)24-30-21(40-31-24)2-1-3-22(35)32-12-14-33(15-13-32)27(39)34-23(26(37)38)20(25(34)36)16-17-8-10-29-11-9-17/h4-7,17,20,23,29H,1-3,8-16H2,(H,37,38)/p+1/t20-,23?/m1/s1. The molecule has 3 N–H and O–H groups in total. The summed E-state index contributed by atoms with van der Waals surface area (Å²) < 4.78 is 5.30. The Labute approximate surface area is 236 Å². The van der Waals surface area contributed by atoms with Crippen LogP contribution in [0.4, 0.5) is 4.79 Å². The first-order valence-corrected chi connectivity index (χ1v) is 14.2. The summed E-state index contributed by atoms with van der Waals surface area (Å²) in [6.45, 7) is 2.93. The lowest BCUT2D eigenvalue weighted by atomic mass is 9.78. The van der Waals surface area contributed by atoms with Crippen LogP contribution in [0, 0.1) is 11.8 Å². The molecule has 0 saturated carbocycles. The molecule has 2 unspecified atom stereocenters. The summed E-state index contributed by atoms with van der Waals surface area (Å²) >= 11 is 5.91. The molecule has 0 radical (unpaired) electrons. The van der Waals surface area contributed by atoms with Gasteiger partial charge in [-0.25, -0.2) is 14.4 Å². The number of urea groups is 1. The number of quaternary nitrogens is 1. The molecule has 12 nitrogen and oxygen atoms in total. The second-order valence-corrected chi connectivity index (χ2v) is 11.1. The van der Waals surface area contributed by atoms with E-state index < -0.39 is 24.0 Å².